The Hall–Kier alpha value is -6.01. The van der Waals surface area contributed by atoms with Crippen molar-refractivity contribution in [1.29, 1.82) is 0 Å². The number of nitrogens with zero attached hydrogens (tertiary/aromatic N) is 2. The van der Waals surface area contributed by atoms with Gasteiger partial charge in [0.05, 0.1) is 11.0 Å². The number of hydrogen-bond donors (Lipinski definition) is 2. The van der Waals surface area contributed by atoms with Crippen LogP contribution in [0.25, 0.3) is 38.0 Å². The molecule has 1 aliphatic heterocycles. The number of benzene rings is 5. The molecule has 0 saturated carbocycles. The first-order valence-corrected chi connectivity index (χ1v) is 21.3. The summed E-state index contributed by atoms with van der Waals surface area (Å²) in [6.07, 6.45) is 27.9. The summed E-state index contributed by atoms with van der Waals surface area (Å²) in [6.45, 7) is 0. The number of aromatic nitrogens is 1. The lowest BCUT2D eigenvalue weighted by molar-refractivity contribution is -0.739. The first-order valence-electron chi connectivity index (χ1n) is 20.5. The third kappa shape index (κ3) is 5.63. The molecule has 5 heteroatoms. The zero-order valence-corrected chi connectivity index (χ0v) is 32.7. The molecule has 4 aliphatic rings. The molecule has 4 nitrogen and oxygen atoms in total. The van der Waals surface area contributed by atoms with Crippen molar-refractivity contribution in [3.63, 3.8) is 0 Å². The van der Waals surface area contributed by atoms with Gasteiger partial charge in [0, 0.05) is 42.3 Å². The molecule has 3 heterocycles. The van der Waals surface area contributed by atoms with Gasteiger partial charge in [-0.05, 0) is 72.4 Å². The summed E-state index contributed by atoms with van der Waals surface area (Å²) in [5, 5.41) is 10.4. The van der Waals surface area contributed by atoms with Crippen molar-refractivity contribution in [2.24, 2.45) is 10.9 Å². The van der Waals surface area contributed by atoms with Crippen molar-refractivity contribution in [1.82, 2.24) is 9.88 Å². The molecule has 0 amide bonds. The highest BCUT2D eigenvalue weighted by molar-refractivity contribution is 7.19. The first kappa shape index (κ1) is 34.3. The van der Waals surface area contributed by atoms with Crippen LogP contribution in [0.3, 0.4) is 0 Å². The lowest BCUT2D eigenvalue weighted by Gasteiger charge is -2.43. The van der Waals surface area contributed by atoms with Crippen LogP contribution in [-0.4, -0.2) is 10.5 Å². The van der Waals surface area contributed by atoms with Gasteiger partial charge in [0.2, 0.25) is 12.1 Å². The smallest absolute Gasteiger partial charge is 0.213 e. The van der Waals surface area contributed by atoms with Crippen molar-refractivity contribution >= 4 is 55.3 Å². The van der Waals surface area contributed by atoms with E-state index in [0.29, 0.717) is 0 Å². The Balaban J connectivity index is 1.21. The van der Waals surface area contributed by atoms with E-state index in [0.717, 1.165) is 38.1 Å². The molecule has 0 spiro atoms. The minimum atomic E-state index is -0.346. The average Bonchev–Trinajstić information content (AvgIpc) is 3.85. The fourth-order valence-electron chi connectivity index (χ4n) is 10.1. The van der Waals surface area contributed by atoms with Crippen LogP contribution in [0.15, 0.2) is 175 Å². The number of thiophene rings is 1. The molecule has 5 aromatic carbocycles. The van der Waals surface area contributed by atoms with E-state index >= 15 is 0 Å². The lowest BCUT2D eigenvalue weighted by Crippen LogP contribution is -2.91. The van der Waals surface area contributed by atoms with Crippen LogP contribution < -0.4 is 10.6 Å². The zero-order chi connectivity index (χ0) is 37.8. The van der Waals surface area contributed by atoms with Crippen LogP contribution in [0, 0.1) is 5.92 Å². The van der Waals surface area contributed by atoms with E-state index in [-0.39, 0.29) is 23.7 Å². The van der Waals surface area contributed by atoms with Crippen LogP contribution in [0.5, 0.6) is 0 Å². The molecule has 278 valence electrons. The molecule has 0 radical (unpaired) electrons. The Morgan fingerprint density at radius 3 is 2.42 bits per heavy atom. The number of allylic oxidation sites excluding steroid dienone is 9. The molecule has 0 saturated heterocycles. The summed E-state index contributed by atoms with van der Waals surface area (Å²) < 4.78 is 3.88. The Bertz CT molecular complexity index is 2850. The maximum atomic E-state index is 5.71. The van der Waals surface area contributed by atoms with Crippen LogP contribution >= 0.6 is 11.3 Å². The number of aryl methyl sites for hydroxylation is 1. The summed E-state index contributed by atoms with van der Waals surface area (Å²) in [4.78, 5) is 7.20. The van der Waals surface area contributed by atoms with Crippen LogP contribution in [-0.2, 0) is 18.3 Å². The summed E-state index contributed by atoms with van der Waals surface area (Å²) in [6, 6.07) is 42.8. The Morgan fingerprint density at radius 1 is 0.737 bits per heavy atom. The van der Waals surface area contributed by atoms with Crippen LogP contribution in [0.2, 0.25) is 0 Å². The summed E-state index contributed by atoms with van der Waals surface area (Å²) in [5.41, 5.74) is 10.1. The van der Waals surface area contributed by atoms with Crippen molar-refractivity contribution in [2.45, 2.75) is 49.9 Å². The van der Waals surface area contributed by atoms with Gasteiger partial charge in [-0.1, -0.05) is 164 Å². The van der Waals surface area contributed by atoms with Gasteiger partial charge in [-0.3, -0.25) is 9.88 Å². The second kappa shape index (κ2) is 14.2. The largest absolute Gasteiger partial charge is 0.302 e. The predicted molar refractivity (Wildman–Crippen MR) is 239 cm³/mol. The zero-order valence-electron chi connectivity index (χ0n) is 31.9. The topological polar surface area (TPSA) is 45.9 Å². The third-order valence-electron chi connectivity index (χ3n) is 12.7. The number of para-hydroxylation sites is 1. The van der Waals surface area contributed by atoms with Gasteiger partial charge in [0.25, 0.3) is 0 Å². The number of nitrogens with two attached hydrogens (primary N) is 1. The Morgan fingerprint density at radius 2 is 1.54 bits per heavy atom. The predicted octanol–water partition coefficient (Wildman–Crippen LogP) is 11.2. The molecule has 57 heavy (non-hydrogen) atoms. The first-order chi connectivity index (χ1) is 28.3. The second-order valence-corrected chi connectivity index (χ2v) is 16.9. The molecule has 4 unspecified atom stereocenters. The van der Waals surface area contributed by atoms with E-state index in [4.69, 9.17) is 4.99 Å². The highest BCUT2D eigenvalue weighted by Crippen LogP contribution is 2.51. The number of rotatable bonds is 4. The molecule has 4 atom stereocenters. The second-order valence-electron chi connectivity index (χ2n) is 15.8. The highest BCUT2D eigenvalue weighted by Gasteiger charge is 2.44. The average molecular weight is 758 g/mol. The van der Waals surface area contributed by atoms with Crippen molar-refractivity contribution in [3.05, 3.63) is 208 Å². The minimum Gasteiger partial charge on any atom is -0.302 e. The van der Waals surface area contributed by atoms with E-state index in [9.17, 15) is 0 Å². The standard InChI is InChI=1S/C52H44N4S/c1-2-17-34-52(37-22-9-4-10-23-37,38-24-11-5-12-25-38)46-35(19-6-1)32-33-41-39-26-13-15-30-44(39)56(47(41)46)51-54-49(36-20-7-3-8-21-36)53-50(55-51)43-29-18-28-42-40-27-14-16-31-45(40)57-48(42)43/h1-15,17-18,20-24,26-30,32-33,38,49-50,53H,16,19,25,31,34H2,(H,54,55)/p+1/b6-1-,17-2-. The number of fused-ring (bicyclic) bond motifs is 8. The minimum absolute atomic E-state index is 0.0587. The van der Waals surface area contributed by atoms with Gasteiger partial charge in [-0.25, -0.2) is 0 Å². The number of hydrogen-bond acceptors (Lipinski definition) is 3. The lowest BCUT2D eigenvalue weighted by atomic mass is 9.60. The van der Waals surface area contributed by atoms with Crippen molar-refractivity contribution in [3.8, 4) is 0 Å². The van der Waals surface area contributed by atoms with E-state index in [1.165, 1.54) is 70.1 Å². The SMILES string of the molecule is C1=CCC(C2(c3ccccc3)C/C=C\C=C/Cc3ccc4c5ccccc5n(C5=NC(c6ccccc6)[NH2+]C(c6cccc7c8c(sc67)CCC=C8)N5)c4c32)C=C1. The van der Waals surface area contributed by atoms with Gasteiger partial charge in [-0.15, -0.1) is 11.3 Å². The van der Waals surface area contributed by atoms with Crippen LogP contribution in [0.4, 0.5) is 0 Å². The molecule has 7 aromatic rings. The Kier molecular flexibility index (Phi) is 8.52. The molecular weight excluding hydrogens is 713 g/mol. The van der Waals surface area contributed by atoms with E-state index < -0.39 is 0 Å². The molecule has 3 aliphatic carbocycles. The van der Waals surface area contributed by atoms with Gasteiger partial charge < -0.3 is 5.32 Å². The van der Waals surface area contributed by atoms with Gasteiger partial charge in [0.1, 0.15) is 0 Å². The number of quaternary nitrogens is 1. The molecule has 3 N–H and O–H groups in total. The molecule has 2 aromatic heterocycles. The third-order valence-corrected chi connectivity index (χ3v) is 14.1. The number of nitrogens with one attached hydrogen (secondary N) is 1. The maximum Gasteiger partial charge on any atom is 0.213 e. The van der Waals surface area contributed by atoms with E-state index in [2.05, 4.69) is 191 Å². The molecular formula is C52H45N4S+. The highest BCUT2D eigenvalue weighted by atomic mass is 32.1. The summed E-state index contributed by atoms with van der Waals surface area (Å²) >= 11 is 1.98. The van der Waals surface area contributed by atoms with Gasteiger partial charge >= 0.3 is 0 Å². The van der Waals surface area contributed by atoms with Gasteiger partial charge in [0.15, 0.2) is 6.17 Å². The Labute approximate surface area is 338 Å². The number of aliphatic imine (C=N–C) groups is 1. The van der Waals surface area contributed by atoms with Gasteiger partial charge in [-0.2, -0.15) is 4.99 Å². The fourth-order valence-corrected chi connectivity index (χ4v) is 11.5. The van der Waals surface area contributed by atoms with Crippen LogP contribution in [0.1, 0.15) is 69.9 Å². The van der Waals surface area contributed by atoms with Crippen molar-refractivity contribution in [2.75, 3.05) is 0 Å². The normalized spacial score (nSPS) is 23.9. The summed E-state index contributed by atoms with van der Waals surface area (Å²) in [7, 11) is 0. The summed E-state index contributed by atoms with van der Waals surface area (Å²) in [5.74, 6) is 1.14. The maximum absolute atomic E-state index is 5.71. The molecule has 0 fully saturated rings. The van der Waals surface area contributed by atoms with E-state index in [1.54, 1.807) is 0 Å². The van der Waals surface area contributed by atoms with E-state index in [1.807, 2.05) is 11.3 Å². The fraction of sp³-hybridized carbons (Fsp3) is 0.173. The van der Waals surface area contributed by atoms with Crippen molar-refractivity contribution < 1.29 is 5.32 Å². The quantitative estimate of drug-likeness (QED) is 0.185. The molecule has 11 rings (SSSR count). The molecule has 0 bridgehead atoms. The monoisotopic (exact) mass is 757 g/mol.